The average Bonchev–Trinajstić information content (AvgIpc) is 1.63. The van der Waals surface area contributed by atoms with E-state index < -0.39 is 6.16 Å². The fourth-order valence-corrected chi connectivity index (χ4v) is 0. The Bertz CT molecular complexity index is 81.6. The predicted octanol–water partition coefficient (Wildman–Crippen LogP) is 0.109. The minimum absolute atomic E-state index is 0.315. The molecule has 0 aromatic rings. The molecule has 62 valence electrons. The van der Waals surface area contributed by atoms with E-state index in [1.807, 2.05) is 14.1 Å². The molecule has 0 aromatic heterocycles. The standard InChI is InChI=1S/C4H11NO.CH2O3/c1-4(6)5(2)3;2-1(3)4/h4,6H,1-3H3;(H2,2,3,4). The van der Waals surface area contributed by atoms with E-state index in [0.29, 0.717) is 0 Å². The SMILES string of the molecule is CC(O)N(C)C.O=C(O)O. The van der Waals surface area contributed by atoms with Crippen LogP contribution in [-0.2, 0) is 0 Å². The van der Waals surface area contributed by atoms with Gasteiger partial charge >= 0.3 is 6.16 Å². The van der Waals surface area contributed by atoms with Gasteiger partial charge in [0.2, 0.25) is 0 Å². The van der Waals surface area contributed by atoms with Gasteiger partial charge < -0.3 is 15.3 Å². The van der Waals surface area contributed by atoms with Crippen molar-refractivity contribution in [1.82, 2.24) is 4.90 Å². The maximum Gasteiger partial charge on any atom is 0.503 e. The molecule has 0 radical (unpaired) electrons. The van der Waals surface area contributed by atoms with Gasteiger partial charge in [0.1, 0.15) is 6.23 Å². The minimum Gasteiger partial charge on any atom is -0.450 e. The highest BCUT2D eigenvalue weighted by atomic mass is 16.6. The molecule has 3 N–H and O–H groups in total. The lowest BCUT2D eigenvalue weighted by Gasteiger charge is -2.11. The van der Waals surface area contributed by atoms with Crippen molar-refractivity contribution in [3.05, 3.63) is 0 Å². The van der Waals surface area contributed by atoms with Crippen molar-refractivity contribution in [1.29, 1.82) is 0 Å². The summed E-state index contributed by atoms with van der Waals surface area (Å²) in [6, 6.07) is 0. The first-order valence-corrected chi connectivity index (χ1v) is 2.64. The Balaban J connectivity index is 0. The van der Waals surface area contributed by atoms with Crippen molar-refractivity contribution in [2.24, 2.45) is 0 Å². The van der Waals surface area contributed by atoms with E-state index in [9.17, 15) is 0 Å². The number of aliphatic hydroxyl groups excluding tert-OH is 1. The molecule has 1 unspecified atom stereocenters. The summed E-state index contributed by atoms with van der Waals surface area (Å²) in [6.07, 6.45) is -2.15. The first kappa shape index (κ1) is 11.9. The molecule has 0 aliphatic carbocycles. The number of carboxylic acid groups (broad SMARTS) is 2. The molecule has 0 saturated heterocycles. The van der Waals surface area contributed by atoms with Crippen LogP contribution in [0.1, 0.15) is 6.92 Å². The van der Waals surface area contributed by atoms with Crippen molar-refractivity contribution in [2.45, 2.75) is 13.2 Å². The smallest absolute Gasteiger partial charge is 0.450 e. The molecule has 0 saturated carbocycles. The molecule has 0 heterocycles. The Morgan fingerprint density at radius 3 is 1.50 bits per heavy atom. The van der Waals surface area contributed by atoms with Crippen LogP contribution in [-0.4, -0.2) is 46.7 Å². The molecular formula is C5H13NO4. The third-order valence-corrected chi connectivity index (χ3v) is 0.747. The Kier molecular flexibility index (Phi) is 7.53. The molecular weight excluding hydrogens is 138 g/mol. The summed E-state index contributed by atoms with van der Waals surface area (Å²) in [5.41, 5.74) is 0. The van der Waals surface area contributed by atoms with E-state index >= 15 is 0 Å². The molecule has 0 fully saturated rings. The number of aliphatic hydroxyl groups is 1. The zero-order valence-corrected chi connectivity index (χ0v) is 6.27. The topological polar surface area (TPSA) is 81.0 Å². The number of nitrogens with zero attached hydrogens (tertiary/aromatic N) is 1. The summed E-state index contributed by atoms with van der Waals surface area (Å²) in [7, 11) is 3.65. The summed E-state index contributed by atoms with van der Waals surface area (Å²) in [4.78, 5) is 10.3. The van der Waals surface area contributed by atoms with E-state index in [0.717, 1.165) is 0 Å². The highest BCUT2D eigenvalue weighted by Gasteiger charge is 1.92. The van der Waals surface area contributed by atoms with Crippen LogP contribution in [0.4, 0.5) is 4.79 Å². The lowest BCUT2D eigenvalue weighted by molar-refractivity contribution is 0.0578. The average molecular weight is 151 g/mol. The van der Waals surface area contributed by atoms with Crippen LogP contribution in [0.3, 0.4) is 0 Å². The molecule has 10 heavy (non-hydrogen) atoms. The zero-order chi connectivity index (χ0) is 8.73. The largest absolute Gasteiger partial charge is 0.503 e. The van der Waals surface area contributed by atoms with Crippen LogP contribution in [0, 0.1) is 0 Å². The van der Waals surface area contributed by atoms with Gasteiger partial charge in [-0.15, -0.1) is 0 Å². The fraction of sp³-hybridized carbons (Fsp3) is 0.800. The van der Waals surface area contributed by atoms with Crippen molar-refractivity contribution in [3.63, 3.8) is 0 Å². The summed E-state index contributed by atoms with van der Waals surface area (Å²) in [6.45, 7) is 1.72. The number of rotatable bonds is 1. The Morgan fingerprint density at radius 2 is 1.50 bits per heavy atom. The maximum absolute atomic E-state index is 8.56. The van der Waals surface area contributed by atoms with Crippen molar-refractivity contribution in [2.75, 3.05) is 14.1 Å². The Labute approximate surface area is 59.5 Å². The third-order valence-electron chi connectivity index (χ3n) is 0.747. The second-order valence-corrected chi connectivity index (χ2v) is 1.88. The second kappa shape index (κ2) is 6.31. The molecule has 0 rings (SSSR count). The molecule has 0 amide bonds. The van der Waals surface area contributed by atoms with Gasteiger partial charge in [-0.2, -0.15) is 0 Å². The summed E-state index contributed by atoms with van der Waals surface area (Å²) < 4.78 is 0. The molecule has 0 aliphatic heterocycles. The fourth-order valence-electron chi connectivity index (χ4n) is 0. The molecule has 0 aromatic carbocycles. The van der Waals surface area contributed by atoms with Gasteiger partial charge in [-0.1, -0.05) is 0 Å². The first-order chi connectivity index (χ1) is 4.37. The van der Waals surface area contributed by atoms with Gasteiger partial charge in [0.15, 0.2) is 0 Å². The van der Waals surface area contributed by atoms with E-state index in [4.69, 9.17) is 20.1 Å². The predicted molar refractivity (Wildman–Crippen MR) is 36.0 cm³/mol. The van der Waals surface area contributed by atoms with Crippen molar-refractivity contribution < 1.29 is 20.1 Å². The normalized spacial score (nSPS) is 11.7. The third kappa shape index (κ3) is 27.1. The van der Waals surface area contributed by atoms with Gasteiger partial charge in [0.25, 0.3) is 0 Å². The second-order valence-electron chi connectivity index (χ2n) is 1.88. The molecule has 0 bridgehead atoms. The minimum atomic E-state index is -1.83. The lowest BCUT2D eigenvalue weighted by Crippen LogP contribution is -2.23. The van der Waals surface area contributed by atoms with Crippen LogP contribution in [0.25, 0.3) is 0 Å². The molecule has 1 atom stereocenters. The van der Waals surface area contributed by atoms with Crippen molar-refractivity contribution >= 4 is 6.16 Å². The molecule has 5 nitrogen and oxygen atoms in total. The van der Waals surface area contributed by atoms with E-state index in [2.05, 4.69) is 0 Å². The van der Waals surface area contributed by atoms with Crippen LogP contribution in [0.2, 0.25) is 0 Å². The zero-order valence-electron chi connectivity index (χ0n) is 6.27. The van der Waals surface area contributed by atoms with Crippen LogP contribution in [0.5, 0.6) is 0 Å². The van der Waals surface area contributed by atoms with E-state index in [1.165, 1.54) is 0 Å². The molecule has 5 heteroatoms. The van der Waals surface area contributed by atoms with Gasteiger partial charge in [-0.3, -0.25) is 4.90 Å². The quantitative estimate of drug-likeness (QED) is 0.463. The van der Waals surface area contributed by atoms with Crippen LogP contribution in [0.15, 0.2) is 0 Å². The monoisotopic (exact) mass is 151 g/mol. The van der Waals surface area contributed by atoms with E-state index in [-0.39, 0.29) is 6.23 Å². The summed E-state index contributed by atoms with van der Waals surface area (Å²) >= 11 is 0. The molecule has 0 spiro atoms. The van der Waals surface area contributed by atoms with Gasteiger partial charge in [-0.25, -0.2) is 4.79 Å². The van der Waals surface area contributed by atoms with Gasteiger partial charge in [-0.05, 0) is 21.0 Å². The van der Waals surface area contributed by atoms with E-state index in [1.54, 1.807) is 11.8 Å². The van der Waals surface area contributed by atoms with Crippen LogP contribution >= 0.6 is 0 Å². The first-order valence-electron chi connectivity index (χ1n) is 2.64. The lowest BCUT2D eigenvalue weighted by atomic mass is 10.6. The highest BCUT2D eigenvalue weighted by Crippen LogP contribution is 1.79. The molecule has 0 aliphatic rings. The number of hydrogen-bond donors (Lipinski definition) is 3. The number of hydrogen-bond acceptors (Lipinski definition) is 3. The van der Waals surface area contributed by atoms with Gasteiger partial charge in [0.05, 0.1) is 0 Å². The number of carbonyl (C=O) groups is 1. The maximum atomic E-state index is 8.56. The summed E-state index contributed by atoms with van der Waals surface area (Å²) in [5, 5.41) is 22.5. The Hall–Kier alpha value is -0.810. The summed E-state index contributed by atoms with van der Waals surface area (Å²) in [5.74, 6) is 0. The van der Waals surface area contributed by atoms with Crippen molar-refractivity contribution in [3.8, 4) is 0 Å². The Morgan fingerprint density at radius 1 is 1.40 bits per heavy atom. The highest BCUT2D eigenvalue weighted by molar-refractivity contribution is 5.53. The van der Waals surface area contributed by atoms with Gasteiger partial charge in [0, 0.05) is 0 Å². The van der Waals surface area contributed by atoms with Crippen LogP contribution < -0.4 is 0 Å².